The number of benzene rings is 2. The van der Waals surface area contributed by atoms with Gasteiger partial charge in [0.05, 0.1) is 5.52 Å². The zero-order valence-electron chi connectivity index (χ0n) is 9.42. The summed E-state index contributed by atoms with van der Waals surface area (Å²) in [5.74, 6) is 0.550. The number of oxazole rings is 1. The van der Waals surface area contributed by atoms with Gasteiger partial charge < -0.3 is 4.42 Å². The Kier molecular flexibility index (Phi) is 1.80. The number of fused-ring (bicyclic) bond motifs is 2. The Balaban J connectivity index is 2.01. The number of aromatic nitrogens is 3. The topological polar surface area (TPSA) is 54.7 Å². The molecule has 0 bridgehead atoms. The fourth-order valence-corrected chi connectivity index (χ4v) is 2.10. The highest BCUT2D eigenvalue weighted by Crippen LogP contribution is 2.28. The van der Waals surface area contributed by atoms with Crippen molar-refractivity contribution in [2.45, 2.75) is 0 Å². The number of aromatic amines is 1. The Morgan fingerprint density at radius 2 is 1.78 bits per heavy atom. The number of nitrogens with one attached hydrogen (secondary N) is 1. The van der Waals surface area contributed by atoms with Gasteiger partial charge in [-0.15, -0.1) is 0 Å². The second kappa shape index (κ2) is 3.43. The quantitative estimate of drug-likeness (QED) is 0.550. The lowest BCUT2D eigenvalue weighted by Crippen LogP contribution is -1.77. The first kappa shape index (κ1) is 9.41. The summed E-state index contributed by atoms with van der Waals surface area (Å²) in [5.41, 5.74) is 3.36. The molecule has 0 saturated heterocycles. The van der Waals surface area contributed by atoms with Crippen molar-refractivity contribution in [3.05, 3.63) is 48.5 Å². The van der Waals surface area contributed by atoms with Crippen LogP contribution in [0, 0.1) is 0 Å². The summed E-state index contributed by atoms with van der Waals surface area (Å²) in [6.07, 6.45) is 0. The van der Waals surface area contributed by atoms with Crippen LogP contribution in [0.5, 0.6) is 0 Å². The van der Waals surface area contributed by atoms with Crippen molar-refractivity contribution in [1.29, 1.82) is 0 Å². The second-order valence-electron chi connectivity index (χ2n) is 4.10. The van der Waals surface area contributed by atoms with E-state index < -0.39 is 0 Å². The van der Waals surface area contributed by atoms with E-state index in [-0.39, 0.29) is 0 Å². The molecule has 0 atom stereocenters. The molecule has 4 nitrogen and oxygen atoms in total. The van der Waals surface area contributed by atoms with Crippen LogP contribution in [0.3, 0.4) is 0 Å². The molecule has 0 saturated carbocycles. The Morgan fingerprint density at radius 1 is 0.944 bits per heavy atom. The number of para-hydroxylation sites is 3. The van der Waals surface area contributed by atoms with Crippen LogP contribution in [0.1, 0.15) is 0 Å². The van der Waals surface area contributed by atoms with Gasteiger partial charge in [-0.2, -0.15) is 5.10 Å². The van der Waals surface area contributed by atoms with Gasteiger partial charge in [0, 0.05) is 5.39 Å². The van der Waals surface area contributed by atoms with Crippen molar-refractivity contribution in [3.63, 3.8) is 0 Å². The Bertz CT molecular complexity index is 811. The summed E-state index contributed by atoms with van der Waals surface area (Å²) < 4.78 is 5.73. The molecule has 2 heterocycles. The minimum atomic E-state index is 0.550. The van der Waals surface area contributed by atoms with Crippen LogP contribution >= 0.6 is 0 Å². The van der Waals surface area contributed by atoms with Gasteiger partial charge in [-0.1, -0.05) is 30.3 Å². The average Bonchev–Trinajstić information content (AvgIpc) is 3.02. The molecule has 4 aromatic rings. The summed E-state index contributed by atoms with van der Waals surface area (Å²) in [6, 6.07) is 15.6. The van der Waals surface area contributed by atoms with Crippen LogP contribution in [0.2, 0.25) is 0 Å². The third-order valence-corrected chi connectivity index (χ3v) is 2.97. The van der Waals surface area contributed by atoms with Gasteiger partial charge in [-0.3, -0.25) is 5.10 Å². The maximum atomic E-state index is 5.73. The van der Waals surface area contributed by atoms with E-state index in [4.69, 9.17) is 4.42 Å². The molecule has 4 heteroatoms. The van der Waals surface area contributed by atoms with E-state index in [1.807, 2.05) is 48.5 Å². The first-order valence-electron chi connectivity index (χ1n) is 5.71. The van der Waals surface area contributed by atoms with E-state index in [0.29, 0.717) is 5.89 Å². The second-order valence-corrected chi connectivity index (χ2v) is 4.10. The first-order valence-corrected chi connectivity index (χ1v) is 5.71. The number of hydrogen-bond donors (Lipinski definition) is 1. The van der Waals surface area contributed by atoms with Crippen LogP contribution < -0.4 is 0 Å². The van der Waals surface area contributed by atoms with E-state index in [1.165, 1.54) is 0 Å². The summed E-state index contributed by atoms with van der Waals surface area (Å²) in [7, 11) is 0. The van der Waals surface area contributed by atoms with Gasteiger partial charge in [0.15, 0.2) is 11.3 Å². The Labute approximate surface area is 102 Å². The predicted octanol–water partition coefficient (Wildman–Crippen LogP) is 3.37. The standard InChI is InChI=1S/C14H9N3O/c1-2-6-10-9(5-1)13(17-16-10)14-15-11-7-3-4-8-12(11)18-14/h1-8H,(H,16,17). The van der Waals surface area contributed by atoms with Crippen molar-refractivity contribution in [2.75, 3.05) is 0 Å². The Hall–Kier alpha value is -2.62. The van der Waals surface area contributed by atoms with Crippen LogP contribution in [0.4, 0.5) is 0 Å². The van der Waals surface area contributed by atoms with Gasteiger partial charge in [-0.25, -0.2) is 4.98 Å². The van der Waals surface area contributed by atoms with Crippen molar-refractivity contribution in [2.24, 2.45) is 0 Å². The Morgan fingerprint density at radius 3 is 2.72 bits per heavy atom. The highest BCUT2D eigenvalue weighted by Gasteiger charge is 2.13. The SMILES string of the molecule is c1ccc2oc(-c3n[nH]c4ccccc34)nc2c1. The van der Waals surface area contributed by atoms with Crippen LogP contribution in [0.15, 0.2) is 52.9 Å². The molecule has 0 spiro atoms. The molecule has 0 amide bonds. The smallest absolute Gasteiger partial charge is 0.248 e. The van der Waals surface area contributed by atoms with Gasteiger partial charge in [0.1, 0.15) is 5.52 Å². The lowest BCUT2D eigenvalue weighted by Gasteiger charge is -1.89. The summed E-state index contributed by atoms with van der Waals surface area (Å²) >= 11 is 0. The first-order chi connectivity index (χ1) is 8.92. The van der Waals surface area contributed by atoms with E-state index in [9.17, 15) is 0 Å². The average molecular weight is 235 g/mol. The molecule has 18 heavy (non-hydrogen) atoms. The molecule has 0 aliphatic rings. The summed E-state index contributed by atoms with van der Waals surface area (Å²) in [5, 5.41) is 8.28. The van der Waals surface area contributed by atoms with Crippen molar-refractivity contribution < 1.29 is 4.42 Å². The molecule has 86 valence electrons. The third kappa shape index (κ3) is 1.26. The molecule has 0 fully saturated rings. The molecule has 2 aromatic carbocycles. The molecule has 0 aliphatic carbocycles. The number of hydrogen-bond acceptors (Lipinski definition) is 3. The van der Waals surface area contributed by atoms with Crippen molar-refractivity contribution in [3.8, 4) is 11.6 Å². The van der Waals surface area contributed by atoms with Crippen LogP contribution in [-0.4, -0.2) is 15.2 Å². The lowest BCUT2D eigenvalue weighted by molar-refractivity contribution is 0.617. The largest absolute Gasteiger partial charge is 0.435 e. The van der Waals surface area contributed by atoms with Gasteiger partial charge in [0.25, 0.3) is 0 Å². The minimum absolute atomic E-state index is 0.550. The fourth-order valence-electron chi connectivity index (χ4n) is 2.10. The number of rotatable bonds is 1. The molecular weight excluding hydrogens is 226 g/mol. The van der Waals surface area contributed by atoms with Crippen molar-refractivity contribution in [1.82, 2.24) is 15.2 Å². The monoisotopic (exact) mass is 235 g/mol. The molecule has 0 radical (unpaired) electrons. The van der Waals surface area contributed by atoms with Crippen LogP contribution in [0.25, 0.3) is 33.6 Å². The molecule has 2 aromatic heterocycles. The van der Waals surface area contributed by atoms with E-state index >= 15 is 0 Å². The normalized spacial score (nSPS) is 11.3. The van der Waals surface area contributed by atoms with Gasteiger partial charge in [-0.05, 0) is 18.2 Å². The lowest BCUT2D eigenvalue weighted by atomic mass is 10.2. The zero-order valence-corrected chi connectivity index (χ0v) is 9.42. The van der Waals surface area contributed by atoms with Gasteiger partial charge in [0.2, 0.25) is 5.89 Å². The maximum absolute atomic E-state index is 5.73. The fraction of sp³-hybridized carbons (Fsp3) is 0. The number of nitrogens with zero attached hydrogens (tertiary/aromatic N) is 2. The predicted molar refractivity (Wildman–Crippen MR) is 69.1 cm³/mol. The van der Waals surface area contributed by atoms with Gasteiger partial charge >= 0.3 is 0 Å². The molecule has 0 aliphatic heterocycles. The number of H-pyrrole nitrogens is 1. The maximum Gasteiger partial charge on any atom is 0.248 e. The molecule has 4 rings (SSSR count). The third-order valence-electron chi connectivity index (χ3n) is 2.97. The zero-order chi connectivity index (χ0) is 11.9. The highest BCUT2D eigenvalue weighted by molar-refractivity contribution is 5.91. The minimum Gasteiger partial charge on any atom is -0.435 e. The highest BCUT2D eigenvalue weighted by atomic mass is 16.3. The van der Waals surface area contributed by atoms with E-state index in [2.05, 4.69) is 15.2 Å². The van der Waals surface area contributed by atoms with Crippen LogP contribution in [-0.2, 0) is 0 Å². The summed E-state index contributed by atoms with van der Waals surface area (Å²) in [4.78, 5) is 4.46. The van der Waals surface area contributed by atoms with Crippen molar-refractivity contribution >= 4 is 22.0 Å². The molecular formula is C14H9N3O. The van der Waals surface area contributed by atoms with E-state index in [1.54, 1.807) is 0 Å². The van der Waals surface area contributed by atoms with E-state index in [0.717, 1.165) is 27.7 Å². The summed E-state index contributed by atoms with van der Waals surface area (Å²) in [6.45, 7) is 0. The molecule has 0 unspecified atom stereocenters. The molecule has 1 N–H and O–H groups in total.